The van der Waals surface area contributed by atoms with E-state index in [-0.39, 0.29) is 5.91 Å². The molecule has 0 radical (unpaired) electrons. The minimum absolute atomic E-state index is 0.0941. The maximum atomic E-state index is 12.2. The van der Waals surface area contributed by atoms with E-state index in [1.165, 1.54) is 5.56 Å². The molecule has 0 N–H and O–H groups in total. The summed E-state index contributed by atoms with van der Waals surface area (Å²) >= 11 is 0. The number of nitrogens with zero attached hydrogens (tertiary/aromatic N) is 2. The highest BCUT2D eigenvalue weighted by Crippen LogP contribution is 2.27. The Balaban J connectivity index is 2.04. The van der Waals surface area contributed by atoms with Gasteiger partial charge in [0, 0.05) is 37.7 Å². The van der Waals surface area contributed by atoms with Gasteiger partial charge >= 0.3 is 0 Å². The van der Waals surface area contributed by atoms with Gasteiger partial charge in [-0.2, -0.15) is 0 Å². The number of carbonyl (C=O) groups is 1. The van der Waals surface area contributed by atoms with E-state index < -0.39 is 0 Å². The van der Waals surface area contributed by atoms with Gasteiger partial charge in [-0.15, -0.1) is 0 Å². The van der Waals surface area contributed by atoms with Crippen molar-refractivity contribution in [1.82, 2.24) is 9.47 Å². The highest BCUT2D eigenvalue weighted by Gasteiger charge is 2.14. The molecule has 0 saturated heterocycles. The average molecular weight is 322 g/mol. The van der Waals surface area contributed by atoms with Crippen LogP contribution in [0.25, 0.3) is 10.9 Å². The molecule has 2 aromatic carbocycles. The molecule has 4 heteroatoms. The molecule has 24 heavy (non-hydrogen) atoms. The normalized spacial score (nSPS) is 10.8. The van der Waals surface area contributed by atoms with Crippen molar-refractivity contribution in [2.24, 2.45) is 0 Å². The Labute approximate surface area is 142 Å². The molecular weight excluding hydrogens is 300 g/mol. The van der Waals surface area contributed by atoms with E-state index in [2.05, 4.69) is 29.0 Å². The molecule has 3 aromatic rings. The van der Waals surface area contributed by atoms with Gasteiger partial charge in [0.2, 0.25) is 5.91 Å². The van der Waals surface area contributed by atoms with Crippen LogP contribution in [-0.4, -0.2) is 36.6 Å². The van der Waals surface area contributed by atoms with Gasteiger partial charge in [0.15, 0.2) is 0 Å². The molecule has 0 saturated carbocycles. The molecule has 124 valence electrons. The zero-order chi connectivity index (χ0) is 17.1. The number of carbonyl (C=O) groups excluding carboxylic acids is 1. The van der Waals surface area contributed by atoms with E-state index in [1.54, 1.807) is 26.1 Å². The first kappa shape index (κ1) is 16.1. The van der Waals surface area contributed by atoms with Gasteiger partial charge in [0.1, 0.15) is 5.75 Å². The van der Waals surface area contributed by atoms with Crippen LogP contribution in [0.5, 0.6) is 5.75 Å². The molecule has 0 aliphatic carbocycles. The second kappa shape index (κ2) is 6.79. The summed E-state index contributed by atoms with van der Waals surface area (Å²) in [5.41, 5.74) is 3.37. The van der Waals surface area contributed by atoms with Crippen LogP contribution >= 0.6 is 0 Å². The van der Waals surface area contributed by atoms with Gasteiger partial charge in [0.05, 0.1) is 13.5 Å². The minimum Gasteiger partial charge on any atom is -0.497 e. The number of likely N-dealkylation sites (N-methyl/N-ethyl adjacent to an activating group) is 1. The standard InChI is InChI=1S/C20H22N2O2/c1-21(2)20(23)11-16-14-22(13-15-7-5-4-6-8-15)19-10-9-17(24-3)12-18(16)19/h4-10,12,14H,11,13H2,1-3H3. The largest absolute Gasteiger partial charge is 0.497 e. The Morgan fingerprint density at radius 3 is 2.54 bits per heavy atom. The molecule has 1 aromatic heterocycles. The minimum atomic E-state index is 0.0941. The fraction of sp³-hybridized carbons (Fsp3) is 0.250. The molecule has 1 amide bonds. The number of benzene rings is 2. The number of aromatic nitrogens is 1. The zero-order valence-electron chi connectivity index (χ0n) is 14.3. The monoisotopic (exact) mass is 322 g/mol. The summed E-state index contributed by atoms with van der Waals surface area (Å²) < 4.78 is 7.55. The van der Waals surface area contributed by atoms with Gasteiger partial charge < -0.3 is 14.2 Å². The fourth-order valence-electron chi connectivity index (χ4n) is 2.85. The number of rotatable bonds is 5. The predicted octanol–water partition coefficient (Wildman–Crippen LogP) is 3.33. The molecular formula is C20H22N2O2. The van der Waals surface area contributed by atoms with E-state index in [0.29, 0.717) is 6.42 Å². The summed E-state index contributed by atoms with van der Waals surface area (Å²) in [5, 5.41) is 1.07. The Hall–Kier alpha value is -2.75. The third-order valence-electron chi connectivity index (χ3n) is 4.21. The first-order chi connectivity index (χ1) is 11.6. The van der Waals surface area contributed by atoms with Crippen molar-refractivity contribution in [2.45, 2.75) is 13.0 Å². The summed E-state index contributed by atoms with van der Waals surface area (Å²) in [6.45, 7) is 0.778. The maximum Gasteiger partial charge on any atom is 0.226 e. The Morgan fingerprint density at radius 2 is 1.88 bits per heavy atom. The van der Waals surface area contributed by atoms with E-state index in [4.69, 9.17) is 4.74 Å². The van der Waals surface area contributed by atoms with Crippen molar-refractivity contribution in [1.29, 1.82) is 0 Å². The van der Waals surface area contributed by atoms with Crippen LogP contribution in [0.2, 0.25) is 0 Å². The first-order valence-corrected chi connectivity index (χ1v) is 7.98. The summed E-state index contributed by atoms with van der Waals surface area (Å²) in [4.78, 5) is 13.8. The van der Waals surface area contributed by atoms with Gasteiger partial charge in [-0.05, 0) is 29.3 Å². The third-order valence-corrected chi connectivity index (χ3v) is 4.21. The van der Waals surface area contributed by atoms with Gasteiger partial charge in [-0.25, -0.2) is 0 Å². The van der Waals surface area contributed by atoms with Crippen LogP contribution < -0.4 is 4.74 Å². The second-order valence-electron chi connectivity index (χ2n) is 6.12. The summed E-state index contributed by atoms with van der Waals surface area (Å²) in [6, 6.07) is 16.3. The van der Waals surface area contributed by atoms with Crippen molar-refractivity contribution >= 4 is 16.8 Å². The average Bonchev–Trinajstić information content (AvgIpc) is 2.92. The van der Waals surface area contributed by atoms with Crippen molar-refractivity contribution < 1.29 is 9.53 Å². The number of hydrogen-bond donors (Lipinski definition) is 0. The molecule has 0 bridgehead atoms. The summed E-state index contributed by atoms with van der Waals surface area (Å²) in [7, 11) is 5.23. The van der Waals surface area contributed by atoms with E-state index in [9.17, 15) is 4.79 Å². The second-order valence-corrected chi connectivity index (χ2v) is 6.12. The maximum absolute atomic E-state index is 12.2. The lowest BCUT2D eigenvalue weighted by atomic mass is 10.1. The number of ether oxygens (including phenoxy) is 1. The lowest BCUT2D eigenvalue weighted by Gasteiger charge is -2.09. The van der Waals surface area contributed by atoms with Gasteiger partial charge in [-0.3, -0.25) is 4.79 Å². The van der Waals surface area contributed by atoms with Gasteiger partial charge in [-0.1, -0.05) is 30.3 Å². The molecule has 0 atom stereocenters. The number of amides is 1. The van der Waals surface area contributed by atoms with Crippen LogP contribution in [0.15, 0.2) is 54.7 Å². The number of fused-ring (bicyclic) bond motifs is 1. The Bertz CT molecular complexity index is 851. The molecule has 0 aliphatic heterocycles. The molecule has 1 heterocycles. The lowest BCUT2D eigenvalue weighted by molar-refractivity contribution is -0.127. The van der Waals surface area contributed by atoms with E-state index in [0.717, 1.165) is 28.8 Å². The molecule has 0 fully saturated rings. The van der Waals surface area contributed by atoms with Crippen molar-refractivity contribution in [3.8, 4) is 5.75 Å². The van der Waals surface area contributed by atoms with Crippen molar-refractivity contribution in [3.05, 3.63) is 65.9 Å². The molecule has 0 unspecified atom stereocenters. The smallest absolute Gasteiger partial charge is 0.226 e. The SMILES string of the molecule is COc1ccc2c(c1)c(CC(=O)N(C)C)cn2Cc1ccccc1. The zero-order valence-corrected chi connectivity index (χ0v) is 14.3. The van der Waals surface area contributed by atoms with Crippen molar-refractivity contribution in [2.75, 3.05) is 21.2 Å². The van der Waals surface area contributed by atoms with E-state index in [1.807, 2.05) is 30.3 Å². The van der Waals surface area contributed by atoms with Crippen LogP contribution in [0.1, 0.15) is 11.1 Å². The molecule has 3 rings (SSSR count). The predicted molar refractivity (Wildman–Crippen MR) is 96.4 cm³/mol. The Kier molecular flexibility index (Phi) is 4.56. The molecule has 0 aliphatic rings. The van der Waals surface area contributed by atoms with Crippen LogP contribution in [0.3, 0.4) is 0 Å². The van der Waals surface area contributed by atoms with E-state index >= 15 is 0 Å². The topological polar surface area (TPSA) is 34.5 Å². The van der Waals surface area contributed by atoms with Crippen LogP contribution in [0, 0.1) is 0 Å². The van der Waals surface area contributed by atoms with Crippen molar-refractivity contribution in [3.63, 3.8) is 0 Å². The third kappa shape index (κ3) is 3.27. The summed E-state index contributed by atoms with van der Waals surface area (Å²) in [5.74, 6) is 0.898. The van der Waals surface area contributed by atoms with Gasteiger partial charge in [0.25, 0.3) is 0 Å². The lowest BCUT2D eigenvalue weighted by Crippen LogP contribution is -2.23. The van der Waals surface area contributed by atoms with Crippen LogP contribution in [-0.2, 0) is 17.8 Å². The fourth-order valence-corrected chi connectivity index (χ4v) is 2.85. The quantitative estimate of drug-likeness (QED) is 0.722. The Morgan fingerprint density at radius 1 is 1.12 bits per heavy atom. The molecule has 0 spiro atoms. The number of methoxy groups -OCH3 is 1. The first-order valence-electron chi connectivity index (χ1n) is 7.98. The highest BCUT2D eigenvalue weighted by molar-refractivity contribution is 5.90. The molecule has 4 nitrogen and oxygen atoms in total. The number of hydrogen-bond acceptors (Lipinski definition) is 2. The van der Waals surface area contributed by atoms with Crippen LogP contribution in [0.4, 0.5) is 0 Å². The highest BCUT2D eigenvalue weighted by atomic mass is 16.5. The summed E-state index contributed by atoms with van der Waals surface area (Å²) in [6.07, 6.45) is 2.47.